The van der Waals surface area contributed by atoms with Gasteiger partial charge in [0, 0.05) is 22.7 Å². The molecule has 1 aliphatic rings. The molecule has 1 amide bonds. The third-order valence-corrected chi connectivity index (χ3v) is 3.93. The van der Waals surface area contributed by atoms with Crippen molar-refractivity contribution in [3.8, 4) is 0 Å². The Balaban J connectivity index is 2.44. The van der Waals surface area contributed by atoms with Gasteiger partial charge in [-0.2, -0.15) is 23.3 Å². The Morgan fingerprint density at radius 1 is 1.50 bits per heavy atom. The fourth-order valence-electron chi connectivity index (χ4n) is 2.15. The highest BCUT2D eigenvalue weighted by Crippen LogP contribution is 2.41. The number of halogens is 4. The van der Waals surface area contributed by atoms with Crippen molar-refractivity contribution in [1.82, 2.24) is 5.01 Å². The Bertz CT molecular complexity index is 645. The maximum Gasteiger partial charge on any atom is 0.438 e. The number of aryl methyl sites for hydroxylation is 1. The summed E-state index contributed by atoms with van der Waals surface area (Å²) in [7, 11) is 0. The van der Waals surface area contributed by atoms with Gasteiger partial charge in [-0.3, -0.25) is 4.79 Å². The van der Waals surface area contributed by atoms with E-state index in [1.165, 1.54) is 18.2 Å². The Hall–Kier alpha value is -1.60. The second-order valence-electron chi connectivity index (χ2n) is 5.09. The number of amides is 1. The van der Waals surface area contributed by atoms with Crippen molar-refractivity contribution in [2.24, 2.45) is 5.10 Å². The SMILES string of the molecule is CCC1=NN(C(=O)c2ccc(Cl)c(C)c2)[C@@](O)(C(F)(F)F)C1. The van der Waals surface area contributed by atoms with E-state index in [1.807, 2.05) is 0 Å². The summed E-state index contributed by atoms with van der Waals surface area (Å²) in [4.78, 5) is 12.4. The summed E-state index contributed by atoms with van der Waals surface area (Å²) in [5.74, 6) is -1.02. The van der Waals surface area contributed by atoms with Gasteiger partial charge in [-0.05, 0) is 37.1 Å². The molecule has 8 heteroatoms. The lowest BCUT2D eigenvalue weighted by molar-refractivity contribution is -0.297. The molecule has 120 valence electrons. The van der Waals surface area contributed by atoms with Crippen LogP contribution in [0.2, 0.25) is 5.02 Å². The van der Waals surface area contributed by atoms with Crippen LogP contribution < -0.4 is 0 Å². The topological polar surface area (TPSA) is 52.9 Å². The molecule has 1 atom stereocenters. The van der Waals surface area contributed by atoms with Crippen molar-refractivity contribution in [3.05, 3.63) is 34.3 Å². The first-order chi connectivity index (χ1) is 10.1. The second kappa shape index (κ2) is 5.55. The van der Waals surface area contributed by atoms with Crippen LogP contribution in [0.5, 0.6) is 0 Å². The zero-order valence-corrected chi connectivity index (χ0v) is 12.7. The van der Waals surface area contributed by atoms with E-state index in [0.29, 0.717) is 10.6 Å². The zero-order chi connectivity index (χ0) is 16.7. The molecule has 1 aromatic carbocycles. The Labute approximate surface area is 130 Å². The van der Waals surface area contributed by atoms with Crippen molar-refractivity contribution in [3.63, 3.8) is 0 Å². The lowest BCUT2D eigenvalue weighted by Crippen LogP contribution is -2.56. The smallest absolute Gasteiger partial charge is 0.362 e. The highest BCUT2D eigenvalue weighted by atomic mass is 35.5. The van der Waals surface area contributed by atoms with Gasteiger partial charge in [-0.15, -0.1) is 0 Å². The van der Waals surface area contributed by atoms with E-state index >= 15 is 0 Å². The molecule has 0 unspecified atom stereocenters. The summed E-state index contributed by atoms with van der Waals surface area (Å²) >= 11 is 5.84. The van der Waals surface area contributed by atoms with Crippen LogP contribution in [-0.2, 0) is 0 Å². The molecular weight excluding hydrogens is 321 g/mol. The lowest BCUT2D eigenvalue weighted by atomic mass is 10.0. The van der Waals surface area contributed by atoms with Gasteiger partial charge in [0.15, 0.2) is 0 Å². The van der Waals surface area contributed by atoms with E-state index in [2.05, 4.69) is 5.10 Å². The standard InChI is InChI=1S/C14H14ClF3N2O2/c1-3-10-7-13(22,14(16,17)18)20(19-10)12(21)9-4-5-11(15)8(2)6-9/h4-6,22H,3,7H2,1-2H3/t13-/m0/s1. The highest BCUT2D eigenvalue weighted by molar-refractivity contribution is 6.31. The van der Waals surface area contributed by atoms with Crippen LogP contribution in [0, 0.1) is 6.92 Å². The summed E-state index contributed by atoms with van der Waals surface area (Å²) in [6.45, 7) is 3.23. The van der Waals surface area contributed by atoms with E-state index in [9.17, 15) is 23.1 Å². The fraction of sp³-hybridized carbons (Fsp3) is 0.429. The first-order valence-corrected chi connectivity index (χ1v) is 6.94. The molecule has 22 heavy (non-hydrogen) atoms. The number of hydrogen-bond donors (Lipinski definition) is 1. The number of benzene rings is 1. The van der Waals surface area contributed by atoms with Gasteiger partial charge in [0.25, 0.3) is 11.6 Å². The van der Waals surface area contributed by atoms with E-state index in [-0.39, 0.29) is 22.7 Å². The summed E-state index contributed by atoms with van der Waals surface area (Å²) in [6, 6.07) is 4.08. The van der Waals surface area contributed by atoms with Crippen LogP contribution in [0.3, 0.4) is 0 Å². The van der Waals surface area contributed by atoms with Crippen LogP contribution >= 0.6 is 11.6 Å². The molecule has 1 N–H and O–H groups in total. The van der Waals surface area contributed by atoms with Crippen LogP contribution in [0.1, 0.15) is 35.7 Å². The molecule has 0 saturated carbocycles. The molecule has 0 aliphatic carbocycles. The average Bonchev–Trinajstić information content (AvgIpc) is 2.79. The van der Waals surface area contributed by atoms with Gasteiger partial charge in [0.05, 0.1) is 0 Å². The molecule has 1 heterocycles. The molecule has 0 fully saturated rings. The zero-order valence-electron chi connectivity index (χ0n) is 11.9. The molecule has 4 nitrogen and oxygen atoms in total. The number of hydrazone groups is 1. The van der Waals surface area contributed by atoms with Crippen molar-refractivity contribution in [2.45, 2.75) is 38.6 Å². The second-order valence-corrected chi connectivity index (χ2v) is 5.50. The molecule has 1 aromatic rings. The van der Waals surface area contributed by atoms with E-state index < -0.39 is 24.2 Å². The van der Waals surface area contributed by atoms with Gasteiger partial charge in [0.2, 0.25) is 0 Å². The summed E-state index contributed by atoms with van der Waals surface area (Å²) < 4.78 is 39.6. The molecule has 0 spiro atoms. The van der Waals surface area contributed by atoms with E-state index in [1.54, 1.807) is 13.8 Å². The minimum Gasteiger partial charge on any atom is -0.362 e. The molecule has 0 bridgehead atoms. The summed E-state index contributed by atoms with van der Waals surface area (Å²) in [6.07, 6.45) is -5.54. The largest absolute Gasteiger partial charge is 0.438 e. The molecule has 0 aromatic heterocycles. The lowest BCUT2D eigenvalue weighted by Gasteiger charge is -2.32. The number of alkyl halides is 3. The molecule has 1 aliphatic heterocycles. The van der Waals surface area contributed by atoms with E-state index in [0.717, 1.165) is 0 Å². The summed E-state index contributed by atoms with van der Waals surface area (Å²) in [5, 5.41) is 14.1. The van der Waals surface area contributed by atoms with Gasteiger partial charge < -0.3 is 5.11 Å². The minimum atomic E-state index is -5.01. The van der Waals surface area contributed by atoms with Crippen LogP contribution in [0.25, 0.3) is 0 Å². The van der Waals surface area contributed by atoms with Gasteiger partial charge >= 0.3 is 6.18 Å². The van der Waals surface area contributed by atoms with Crippen molar-refractivity contribution in [2.75, 3.05) is 0 Å². The monoisotopic (exact) mass is 334 g/mol. The minimum absolute atomic E-state index is 0.0225. The number of carbonyl (C=O) groups excluding carboxylic acids is 1. The third-order valence-electron chi connectivity index (χ3n) is 3.50. The van der Waals surface area contributed by atoms with Crippen LogP contribution in [0.4, 0.5) is 13.2 Å². The van der Waals surface area contributed by atoms with Crippen molar-refractivity contribution < 1.29 is 23.1 Å². The number of nitrogens with zero attached hydrogens (tertiary/aromatic N) is 2. The first-order valence-electron chi connectivity index (χ1n) is 6.56. The normalized spacial score (nSPS) is 22.0. The van der Waals surface area contributed by atoms with Gasteiger partial charge in [-0.1, -0.05) is 18.5 Å². The molecule has 2 rings (SSSR count). The van der Waals surface area contributed by atoms with E-state index in [4.69, 9.17) is 11.6 Å². The number of carbonyl (C=O) groups is 1. The number of hydrogen-bond acceptors (Lipinski definition) is 3. The number of rotatable bonds is 2. The molecule has 0 saturated heterocycles. The fourth-order valence-corrected chi connectivity index (χ4v) is 2.27. The summed E-state index contributed by atoms with van der Waals surface area (Å²) in [5.41, 5.74) is -2.69. The third kappa shape index (κ3) is 2.70. The Morgan fingerprint density at radius 2 is 2.14 bits per heavy atom. The van der Waals surface area contributed by atoms with Gasteiger partial charge in [0.1, 0.15) is 0 Å². The predicted molar refractivity (Wildman–Crippen MR) is 75.7 cm³/mol. The van der Waals surface area contributed by atoms with Crippen molar-refractivity contribution in [1.29, 1.82) is 0 Å². The maximum absolute atomic E-state index is 13.2. The maximum atomic E-state index is 13.2. The molecular formula is C14H14ClF3N2O2. The first kappa shape index (κ1) is 16.8. The van der Waals surface area contributed by atoms with Crippen molar-refractivity contribution >= 4 is 23.2 Å². The number of aliphatic hydroxyl groups is 1. The highest BCUT2D eigenvalue weighted by Gasteiger charge is 2.63. The van der Waals surface area contributed by atoms with Gasteiger partial charge in [-0.25, -0.2) is 0 Å². The quantitative estimate of drug-likeness (QED) is 0.899. The Kier molecular flexibility index (Phi) is 4.23. The molecule has 0 radical (unpaired) electrons. The predicted octanol–water partition coefficient (Wildman–Crippen LogP) is 3.51. The van der Waals surface area contributed by atoms with Crippen LogP contribution in [-0.4, -0.2) is 33.6 Å². The van der Waals surface area contributed by atoms with Crippen LogP contribution in [0.15, 0.2) is 23.3 Å². The Morgan fingerprint density at radius 3 is 2.64 bits per heavy atom. The average molecular weight is 335 g/mol.